The quantitative estimate of drug-likeness (QED) is 0.0185. The fourth-order valence-electron chi connectivity index (χ4n) is 12.8. The van der Waals surface area contributed by atoms with Gasteiger partial charge in [-0.1, -0.05) is 107 Å². The van der Waals surface area contributed by atoms with Gasteiger partial charge in [-0.2, -0.15) is 0 Å². The predicted octanol–water partition coefficient (Wildman–Crippen LogP) is -5.82. The third-order valence-corrected chi connectivity index (χ3v) is 21.5. The summed E-state index contributed by atoms with van der Waals surface area (Å²) in [7, 11) is 0. The molecular weight excluding hydrogens is 1740 g/mol. The molecular formula is C84H121N17O29S. The number of nitrogens with one attached hydrogen (secondary N) is 15. The van der Waals surface area contributed by atoms with Crippen molar-refractivity contribution < 1.29 is 142 Å². The van der Waals surface area contributed by atoms with Crippen LogP contribution in [0.15, 0.2) is 78.9 Å². The van der Waals surface area contributed by atoms with Gasteiger partial charge in [0, 0.05) is 44.8 Å². The number of thioether (sulfide) groups is 1. The topological polar surface area (TPSA) is 733 Å². The first kappa shape index (κ1) is 110. The van der Waals surface area contributed by atoms with Crippen LogP contribution in [0.25, 0.3) is 0 Å². The number of phenolic OH excluding ortho intramolecular Hbond substituents is 2. The molecule has 16 atom stereocenters. The van der Waals surface area contributed by atoms with E-state index in [4.69, 9.17) is 5.73 Å². The summed E-state index contributed by atoms with van der Waals surface area (Å²) >= 11 is 0.759. The van der Waals surface area contributed by atoms with E-state index in [9.17, 15) is 142 Å². The SMILES string of the molecule is CC[C@H](C)[C@H](NC(=O)[C@H](CO)NC(=O)[C@H](Cc1ccc(O)cc1)NC(=O)[C@H](CC(=O)O)NC(=O)[C@H](CO)NC(=O)[C@@H](NC(=O)[C@H](Cc1ccccc1)NC(=O)[C@@H](NC(=O)CNC(=O)[C@H](CCC(=O)O)NC(=O)C(C)(C)C(=O)NCCN1C(=O)CSC1=O)[C@@H](C)O)[C@@H](C)O)C(=O)N[C@@H](Cc1ccc(O)cc1)C(=O)N[C@@H](CC(C)C)C(=O)N[C@@H](CC(=O)O)C(=O)N[C@H](C)CCCCN. The number of amides is 17. The number of aliphatic hydroxyl groups is 4. The number of carbonyl (C=O) groups is 20. The molecule has 1 heterocycles. The zero-order chi connectivity index (χ0) is 98.3. The Morgan fingerprint density at radius 1 is 0.443 bits per heavy atom. The molecule has 0 unspecified atom stereocenters. The Kier molecular flexibility index (Phi) is 45.9. The van der Waals surface area contributed by atoms with Crippen molar-refractivity contribution >= 4 is 129 Å². The molecule has 0 aromatic heterocycles. The number of carboxylic acid groups (broad SMARTS) is 3. The number of rotatable bonds is 57. The first-order valence-corrected chi connectivity index (χ1v) is 43.1. The van der Waals surface area contributed by atoms with Crippen LogP contribution in [-0.4, -0.2) is 304 Å². The minimum atomic E-state index is -2.24. The number of aromatic hydroxyl groups is 2. The number of hydrogen-bond acceptors (Lipinski definition) is 28. The van der Waals surface area contributed by atoms with E-state index in [0.29, 0.717) is 36.9 Å². The molecule has 47 heteroatoms. The minimum absolute atomic E-state index is 0.0822. The largest absolute Gasteiger partial charge is 0.508 e. The number of carbonyl (C=O) groups excluding carboxylic acids is 17. The van der Waals surface area contributed by atoms with Gasteiger partial charge in [0.25, 0.3) is 5.24 Å². The van der Waals surface area contributed by atoms with Crippen LogP contribution in [-0.2, 0) is 110 Å². The number of phenols is 2. The van der Waals surface area contributed by atoms with Crippen molar-refractivity contribution in [1.82, 2.24) is 84.7 Å². The van der Waals surface area contributed by atoms with Crippen LogP contribution in [0.4, 0.5) is 4.79 Å². The van der Waals surface area contributed by atoms with E-state index in [2.05, 4.69) is 79.8 Å². The average Bonchev–Trinajstić information content (AvgIpc) is 1.65. The summed E-state index contributed by atoms with van der Waals surface area (Å²) in [4.78, 5) is 272. The summed E-state index contributed by atoms with van der Waals surface area (Å²) in [5.74, 6) is -24.5. The fourth-order valence-corrected chi connectivity index (χ4v) is 13.6. The van der Waals surface area contributed by atoms with Crippen molar-refractivity contribution in [1.29, 1.82) is 0 Å². The van der Waals surface area contributed by atoms with Gasteiger partial charge in [-0.05, 0) is 120 Å². The number of aliphatic hydroxyl groups excluding tert-OH is 4. The molecule has 0 spiro atoms. The number of aliphatic carboxylic acids is 3. The lowest BCUT2D eigenvalue weighted by Crippen LogP contribution is -2.63. The number of unbranched alkanes of at least 4 members (excludes halogenated alkanes) is 1. The molecule has 722 valence electrons. The number of nitrogens with zero attached hydrogens (tertiary/aromatic N) is 1. The zero-order valence-corrected chi connectivity index (χ0v) is 74.7. The average molecular weight is 1870 g/mol. The lowest BCUT2D eigenvalue weighted by Gasteiger charge is -2.30. The lowest BCUT2D eigenvalue weighted by atomic mass is 9.90. The van der Waals surface area contributed by atoms with E-state index in [1.54, 1.807) is 33.8 Å². The third-order valence-electron chi connectivity index (χ3n) is 20.6. The Balaban J connectivity index is 1.55. The Bertz CT molecular complexity index is 4470. The van der Waals surface area contributed by atoms with Crippen LogP contribution in [0, 0.1) is 17.3 Å². The summed E-state index contributed by atoms with van der Waals surface area (Å²) < 4.78 is 0. The molecule has 0 radical (unpaired) electrons. The van der Waals surface area contributed by atoms with Crippen LogP contribution < -0.4 is 85.5 Å². The molecule has 46 nitrogen and oxygen atoms in total. The summed E-state index contributed by atoms with van der Waals surface area (Å²) in [6.45, 7) is 8.90. The zero-order valence-electron chi connectivity index (χ0n) is 73.9. The maximum atomic E-state index is 14.7. The molecule has 4 rings (SSSR count). The van der Waals surface area contributed by atoms with E-state index in [-0.39, 0.29) is 61.1 Å². The van der Waals surface area contributed by atoms with E-state index in [1.807, 2.05) is 0 Å². The molecule has 3 aromatic carbocycles. The maximum Gasteiger partial charge on any atom is 0.305 e. The normalized spacial score (nSPS) is 15.6. The van der Waals surface area contributed by atoms with Crippen molar-refractivity contribution in [3.63, 3.8) is 0 Å². The highest BCUT2D eigenvalue weighted by molar-refractivity contribution is 8.14. The summed E-state index contributed by atoms with van der Waals surface area (Å²) in [6.07, 6.45) is -6.66. The molecule has 1 saturated heterocycles. The number of benzene rings is 3. The van der Waals surface area contributed by atoms with Gasteiger partial charge in [0.05, 0.1) is 50.6 Å². The maximum absolute atomic E-state index is 14.7. The van der Waals surface area contributed by atoms with Gasteiger partial charge in [0.15, 0.2) is 0 Å². The summed E-state index contributed by atoms with van der Waals surface area (Å²) in [5.41, 5.74) is 4.50. The first-order chi connectivity index (χ1) is 61.6. The second-order valence-corrected chi connectivity index (χ2v) is 33.3. The summed E-state index contributed by atoms with van der Waals surface area (Å²) in [6, 6.07) is -4.66. The van der Waals surface area contributed by atoms with E-state index in [1.165, 1.54) is 79.7 Å². The number of imide groups is 1. The molecule has 1 aliphatic heterocycles. The molecule has 26 N–H and O–H groups in total. The van der Waals surface area contributed by atoms with E-state index in [0.717, 1.165) is 44.4 Å². The molecule has 1 aliphatic rings. The smallest absolute Gasteiger partial charge is 0.305 e. The fraction of sp³-hybridized carbons (Fsp3) is 0.548. The second kappa shape index (κ2) is 54.5. The predicted molar refractivity (Wildman–Crippen MR) is 465 cm³/mol. The Hall–Kier alpha value is -13.0. The summed E-state index contributed by atoms with van der Waals surface area (Å²) in [5, 5.41) is 127. The molecule has 0 bridgehead atoms. The van der Waals surface area contributed by atoms with E-state index >= 15 is 0 Å². The highest BCUT2D eigenvalue weighted by Crippen LogP contribution is 2.22. The highest BCUT2D eigenvalue weighted by atomic mass is 32.2. The van der Waals surface area contributed by atoms with Crippen molar-refractivity contribution in [2.45, 2.75) is 230 Å². The van der Waals surface area contributed by atoms with Gasteiger partial charge in [-0.15, -0.1) is 0 Å². The molecule has 0 saturated carbocycles. The van der Waals surface area contributed by atoms with Crippen molar-refractivity contribution in [2.24, 2.45) is 23.0 Å². The minimum Gasteiger partial charge on any atom is -0.508 e. The first-order valence-electron chi connectivity index (χ1n) is 42.1. The Labute approximate surface area is 757 Å². The molecule has 3 aromatic rings. The third kappa shape index (κ3) is 37.6. The number of carboxylic acids is 3. The van der Waals surface area contributed by atoms with Gasteiger partial charge in [-0.25, -0.2) is 0 Å². The molecule has 1 fully saturated rings. The van der Waals surface area contributed by atoms with Crippen LogP contribution in [0.2, 0.25) is 0 Å². The highest BCUT2D eigenvalue weighted by Gasteiger charge is 2.43. The van der Waals surface area contributed by atoms with Crippen LogP contribution in [0.5, 0.6) is 11.5 Å². The van der Waals surface area contributed by atoms with Crippen molar-refractivity contribution in [3.8, 4) is 11.5 Å². The molecule has 0 aliphatic carbocycles. The van der Waals surface area contributed by atoms with Gasteiger partial charge in [0.1, 0.15) is 89.4 Å². The monoisotopic (exact) mass is 1860 g/mol. The van der Waals surface area contributed by atoms with E-state index < -0.39 is 278 Å². The van der Waals surface area contributed by atoms with Crippen LogP contribution >= 0.6 is 11.8 Å². The lowest BCUT2D eigenvalue weighted by molar-refractivity contribution is -0.144. The second-order valence-electron chi connectivity index (χ2n) is 32.3. The van der Waals surface area contributed by atoms with Gasteiger partial charge in [-0.3, -0.25) is 101 Å². The molecule has 131 heavy (non-hydrogen) atoms. The Morgan fingerprint density at radius 3 is 1.30 bits per heavy atom. The molecule has 17 amide bonds. The standard InChI is InChI=1S/C84H121N17O29S/c1-10-43(4)66(78(125)93-55(35-49-21-25-51(107)26-22-49)72(119)89-53(32-42(2)3)71(118)91-57(36-64(112)113)70(117)88-44(5)16-14-15-29-85)99-77(124)60(40-103)95-73(120)54(34-48-19-23-50(106)24-20-48)90-74(121)58(37-65(114)115)92-76(123)59(39-102)96-80(127)68(46(7)105)100-75(122)56(33-47-17-12-11-13-18-47)94-79(126)67(45(6)104)98-61(108)38-87-69(116)52(27-28-63(110)111)97-82(129)84(8,9)81(128)86-30-31-101-62(109)41-131-83(101)130/h11-13,17-26,42-46,52-60,66-68,102-107H,10,14-16,27-41,85H2,1-9H3,(H,86,128)(H,87,116)(H,88,117)(H,89,119)(H,90,121)(H,91,118)(H,92,123)(H,93,125)(H,94,126)(H,95,120)(H,96,127)(H,97,129)(H,98,108)(H,99,124)(H,100,122)(H,110,111)(H,112,113)(H,114,115)/t43-,44+,45+,46+,52-,53-,54-,55-,56-,57-,58-,59-,60-,66-,67-,68-/m0/s1. The van der Waals surface area contributed by atoms with Crippen molar-refractivity contribution in [2.75, 3.05) is 45.1 Å². The van der Waals surface area contributed by atoms with Crippen LogP contribution in [0.1, 0.15) is 137 Å². The van der Waals surface area contributed by atoms with Gasteiger partial charge >= 0.3 is 17.9 Å². The van der Waals surface area contributed by atoms with Crippen LogP contribution in [0.3, 0.4) is 0 Å². The van der Waals surface area contributed by atoms with Gasteiger partial charge < -0.3 is 131 Å². The number of hydrogen-bond donors (Lipinski definition) is 25. The van der Waals surface area contributed by atoms with Gasteiger partial charge in [0.2, 0.25) is 94.5 Å². The Morgan fingerprint density at radius 2 is 0.847 bits per heavy atom. The van der Waals surface area contributed by atoms with Crippen molar-refractivity contribution in [3.05, 3.63) is 95.6 Å². The number of nitrogens with two attached hydrogens (primary N) is 1.